The molecule has 0 saturated carbocycles. The summed E-state index contributed by atoms with van der Waals surface area (Å²) in [5.41, 5.74) is 4.88. The number of piperidine rings is 1. The molecule has 1 aliphatic rings. The molecule has 190 valence electrons. The minimum absolute atomic E-state index is 0.0175. The van der Waals surface area contributed by atoms with Crippen molar-refractivity contribution in [3.8, 4) is 28.3 Å². The van der Waals surface area contributed by atoms with Crippen molar-refractivity contribution in [2.45, 2.75) is 45.6 Å². The van der Waals surface area contributed by atoms with Crippen molar-refractivity contribution in [2.75, 3.05) is 18.0 Å². The predicted molar refractivity (Wildman–Crippen MR) is 143 cm³/mol. The molecule has 0 bridgehead atoms. The van der Waals surface area contributed by atoms with E-state index in [-0.39, 0.29) is 17.4 Å². The van der Waals surface area contributed by atoms with Crippen molar-refractivity contribution in [1.82, 2.24) is 29.7 Å². The number of carbonyl (C=O) groups excluding carboxylic acids is 1. The van der Waals surface area contributed by atoms with Crippen LogP contribution >= 0.6 is 0 Å². The summed E-state index contributed by atoms with van der Waals surface area (Å²) in [5, 5.41) is 21.7. The summed E-state index contributed by atoms with van der Waals surface area (Å²) < 4.78 is 3.52. The van der Waals surface area contributed by atoms with E-state index in [4.69, 9.17) is 4.98 Å². The first-order valence-corrected chi connectivity index (χ1v) is 12.8. The van der Waals surface area contributed by atoms with Crippen molar-refractivity contribution in [1.29, 1.82) is 5.26 Å². The van der Waals surface area contributed by atoms with E-state index in [0.29, 0.717) is 5.56 Å². The third-order valence-corrected chi connectivity index (χ3v) is 7.46. The summed E-state index contributed by atoms with van der Waals surface area (Å²) in [7, 11) is 1.89. The number of hydrogen-bond donors (Lipinski definition) is 1. The number of nitrogens with one attached hydrogen (secondary N) is 1. The second-order valence-corrected chi connectivity index (χ2v) is 10.2. The van der Waals surface area contributed by atoms with Gasteiger partial charge in [-0.15, -0.1) is 0 Å². The third kappa shape index (κ3) is 4.67. The molecule has 1 aliphatic heterocycles. The van der Waals surface area contributed by atoms with Crippen LogP contribution in [0.2, 0.25) is 0 Å². The number of aromatic nitrogens is 5. The lowest BCUT2D eigenvalue weighted by Crippen LogP contribution is -2.56. The highest BCUT2D eigenvalue weighted by atomic mass is 16.2. The number of rotatable bonds is 6. The summed E-state index contributed by atoms with van der Waals surface area (Å²) in [5.74, 6) is 1.02. The monoisotopic (exact) mass is 496 g/mol. The Labute approximate surface area is 216 Å². The van der Waals surface area contributed by atoms with Crippen molar-refractivity contribution < 1.29 is 4.79 Å². The molecule has 1 saturated heterocycles. The molecule has 4 aromatic rings. The summed E-state index contributed by atoms with van der Waals surface area (Å²) in [4.78, 5) is 19.4. The van der Waals surface area contributed by atoms with Crippen LogP contribution in [0, 0.1) is 17.2 Å². The topological polar surface area (TPSA) is 104 Å². The highest BCUT2D eigenvalue weighted by molar-refractivity contribution is 5.87. The van der Waals surface area contributed by atoms with Crippen LogP contribution in [0.15, 0.2) is 49.2 Å². The second kappa shape index (κ2) is 9.69. The molecule has 37 heavy (non-hydrogen) atoms. The molecule has 5 rings (SSSR count). The van der Waals surface area contributed by atoms with Gasteiger partial charge < -0.3 is 10.2 Å². The van der Waals surface area contributed by atoms with E-state index in [2.05, 4.69) is 45.5 Å². The van der Waals surface area contributed by atoms with E-state index in [1.807, 2.05) is 51.7 Å². The maximum Gasteiger partial charge on any atom is 0.222 e. The van der Waals surface area contributed by atoms with Crippen LogP contribution < -0.4 is 10.2 Å². The Balaban J connectivity index is 1.42. The maximum absolute atomic E-state index is 12.4. The van der Waals surface area contributed by atoms with Gasteiger partial charge in [0.15, 0.2) is 0 Å². The number of pyridine rings is 2. The third-order valence-electron chi connectivity index (χ3n) is 7.46. The highest BCUT2D eigenvalue weighted by Crippen LogP contribution is 2.33. The lowest BCUT2D eigenvalue weighted by molar-refractivity contribution is -0.126. The average molecular weight is 497 g/mol. The smallest absolute Gasteiger partial charge is 0.222 e. The molecule has 4 aromatic heterocycles. The van der Waals surface area contributed by atoms with Crippen LogP contribution in [0.4, 0.5) is 5.82 Å². The van der Waals surface area contributed by atoms with Crippen LogP contribution in [0.5, 0.6) is 0 Å². The molecule has 1 amide bonds. The van der Waals surface area contributed by atoms with Gasteiger partial charge in [0.2, 0.25) is 5.91 Å². The zero-order chi connectivity index (χ0) is 26.2. The predicted octanol–water partition coefficient (Wildman–Crippen LogP) is 4.19. The highest BCUT2D eigenvalue weighted by Gasteiger charge is 2.35. The van der Waals surface area contributed by atoms with E-state index in [1.165, 1.54) is 0 Å². The minimum Gasteiger partial charge on any atom is -0.356 e. The first-order chi connectivity index (χ1) is 17.8. The average Bonchev–Trinajstić information content (AvgIpc) is 3.54. The quantitative estimate of drug-likeness (QED) is 0.429. The number of nitriles is 1. The van der Waals surface area contributed by atoms with Gasteiger partial charge in [-0.25, -0.2) is 9.50 Å². The van der Waals surface area contributed by atoms with Gasteiger partial charge in [-0.2, -0.15) is 15.5 Å². The van der Waals surface area contributed by atoms with E-state index >= 15 is 0 Å². The molecule has 9 heteroatoms. The summed E-state index contributed by atoms with van der Waals surface area (Å²) >= 11 is 0. The fraction of sp³-hybridized carbons (Fsp3) is 0.393. The van der Waals surface area contributed by atoms with Crippen molar-refractivity contribution in [3.63, 3.8) is 0 Å². The number of fused-ring (bicyclic) bond motifs is 1. The molecule has 5 heterocycles. The van der Waals surface area contributed by atoms with Crippen LogP contribution in [0.1, 0.15) is 45.6 Å². The van der Waals surface area contributed by atoms with Crippen LogP contribution in [-0.4, -0.2) is 48.9 Å². The Kier molecular flexibility index (Phi) is 6.42. The number of carbonyl (C=O) groups is 1. The molecule has 1 fully saturated rings. The van der Waals surface area contributed by atoms with Gasteiger partial charge in [0, 0.05) is 72.4 Å². The zero-order valence-corrected chi connectivity index (χ0v) is 21.8. The molecule has 0 aromatic carbocycles. The van der Waals surface area contributed by atoms with Crippen LogP contribution in [0.25, 0.3) is 27.8 Å². The molecular weight excluding hydrogens is 464 g/mol. The lowest BCUT2D eigenvalue weighted by Gasteiger charge is -2.42. The molecule has 0 atom stereocenters. The van der Waals surface area contributed by atoms with E-state index in [1.54, 1.807) is 15.4 Å². The Morgan fingerprint density at radius 1 is 1.11 bits per heavy atom. The lowest BCUT2D eigenvalue weighted by atomic mass is 9.84. The Morgan fingerprint density at radius 3 is 2.49 bits per heavy atom. The van der Waals surface area contributed by atoms with E-state index in [0.717, 1.165) is 65.9 Å². The number of amides is 1. The zero-order valence-electron chi connectivity index (χ0n) is 21.8. The molecule has 1 N–H and O–H groups in total. The van der Waals surface area contributed by atoms with Crippen LogP contribution in [-0.2, 0) is 11.8 Å². The summed E-state index contributed by atoms with van der Waals surface area (Å²) in [6.45, 7) is 7.68. The Bertz CT molecular complexity index is 1470. The SMILES string of the molecule is CCC1(NC(=O)C(C)C)CCN(c2ccc(-c3cc(-c4cnn(C)c4)cn4ncc(C#N)c34)cn2)CC1. The number of nitrogens with zero attached hydrogens (tertiary/aromatic N) is 7. The molecule has 0 unspecified atom stereocenters. The number of aryl methyl sites for hydroxylation is 1. The molecular formula is C28H32N8O. The molecule has 9 nitrogen and oxygen atoms in total. The first kappa shape index (κ1) is 24.5. The molecule has 0 aliphatic carbocycles. The maximum atomic E-state index is 12.4. The Morgan fingerprint density at radius 2 is 1.89 bits per heavy atom. The van der Waals surface area contributed by atoms with Gasteiger partial charge in [-0.3, -0.25) is 9.48 Å². The van der Waals surface area contributed by atoms with Gasteiger partial charge in [0.1, 0.15) is 11.9 Å². The Hall–Kier alpha value is -4.19. The summed E-state index contributed by atoms with van der Waals surface area (Å²) in [6.07, 6.45) is 11.9. The van der Waals surface area contributed by atoms with Crippen molar-refractivity contribution in [2.24, 2.45) is 13.0 Å². The second-order valence-electron chi connectivity index (χ2n) is 10.2. The normalized spacial score (nSPS) is 15.2. The fourth-order valence-electron chi connectivity index (χ4n) is 5.02. The molecule has 0 radical (unpaired) electrons. The van der Waals surface area contributed by atoms with Crippen LogP contribution in [0.3, 0.4) is 0 Å². The standard InChI is InChI=1S/C28H32N8O/c1-5-28(33-27(37)19(2)3)8-10-35(11-9-28)25-7-6-20(14-30-25)24-12-21(23-16-31-34(4)17-23)18-36-26(24)22(13-29)15-32-36/h6-7,12,14-19H,5,8-11H2,1-4H3,(H,33,37). The van der Waals surface area contributed by atoms with Crippen molar-refractivity contribution in [3.05, 3.63) is 54.7 Å². The van der Waals surface area contributed by atoms with Crippen molar-refractivity contribution >= 4 is 17.2 Å². The van der Waals surface area contributed by atoms with Gasteiger partial charge in [0.25, 0.3) is 0 Å². The van der Waals surface area contributed by atoms with Gasteiger partial charge >= 0.3 is 0 Å². The minimum atomic E-state index is -0.147. The largest absolute Gasteiger partial charge is 0.356 e. The van der Waals surface area contributed by atoms with Gasteiger partial charge in [0.05, 0.1) is 23.5 Å². The number of hydrogen-bond acceptors (Lipinski definition) is 6. The molecule has 0 spiro atoms. The van der Waals surface area contributed by atoms with Gasteiger partial charge in [-0.1, -0.05) is 20.8 Å². The summed E-state index contributed by atoms with van der Waals surface area (Å²) in [6, 6.07) is 8.43. The fourth-order valence-corrected chi connectivity index (χ4v) is 5.02. The van der Waals surface area contributed by atoms with E-state index in [9.17, 15) is 10.1 Å². The number of anilines is 1. The first-order valence-electron chi connectivity index (χ1n) is 12.8. The van der Waals surface area contributed by atoms with Gasteiger partial charge in [-0.05, 0) is 37.5 Å². The van der Waals surface area contributed by atoms with E-state index < -0.39 is 0 Å².